The van der Waals surface area contributed by atoms with E-state index in [0.29, 0.717) is 6.42 Å². The lowest BCUT2D eigenvalue weighted by molar-refractivity contribution is 0.0953. The van der Waals surface area contributed by atoms with Crippen molar-refractivity contribution in [2.24, 2.45) is 5.14 Å². The highest BCUT2D eigenvalue weighted by atomic mass is 35.5. The molecule has 2 aromatic rings. The number of benzene rings is 2. The molecule has 0 saturated heterocycles. The van der Waals surface area contributed by atoms with Crippen molar-refractivity contribution < 1.29 is 22.0 Å². The van der Waals surface area contributed by atoms with Crippen LogP contribution < -0.4 is 10.5 Å². The topological polar surface area (TPSA) is 89.3 Å². The van der Waals surface area contributed by atoms with Gasteiger partial charge >= 0.3 is 0 Å². The fraction of sp³-hybridized carbons (Fsp3) is 0.133. The molecule has 2 rings (SSSR count). The van der Waals surface area contributed by atoms with Crippen LogP contribution in [0, 0.1) is 11.6 Å². The largest absolute Gasteiger partial charge is 0.352 e. The molecule has 0 aromatic heterocycles. The molecule has 5 nitrogen and oxygen atoms in total. The van der Waals surface area contributed by atoms with Crippen LogP contribution in [0.3, 0.4) is 0 Å². The molecule has 0 bridgehead atoms. The van der Waals surface area contributed by atoms with Gasteiger partial charge in [0, 0.05) is 6.54 Å². The molecule has 0 spiro atoms. The van der Waals surface area contributed by atoms with E-state index in [0.717, 1.165) is 17.7 Å². The van der Waals surface area contributed by atoms with E-state index in [-0.39, 0.29) is 22.0 Å². The Labute approximate surface area is 142 Å². The van der Waals surface area contributed by atoms with Gasteiger partial charge in [-0.25, -0.2) is 22.3 Å². The zero-order chi connectivity index (χ0) is 17.9. The van der Waals surface area contributed by atoms with Gasteiger partial charge < -0.3 is 5.32 Å². The summed E-state index contributed by atoms with van der Waals surface area (Å²) in [6.45, 7) is 0.197. The zero-order valence-electron chi connectivity index (χ0n) is 12.2. The lowest BCUT2D eigenvalue weighted by Gasteiger charge is -2.08. The Morgan fingerprint density at radius 3 is 2.29 bits per heavy atom. The maximum atomic E-state index is 13.2. The molecule has 9 heteroatoms. The van der Waals surface area contributed by atoms with E-state index in [1.165, 1.54) is 12.1 Å². The van der Waals surface area contributed by atoms with Crippen molar-refractivity contribution in [3.05, 3.63) is 64.2 Å². The first kappa shape index (κ1) is 18.3. The number of sulfonamides is 1. The molecule has 0 aliphatic carbocycles. The molecule has 0 heterocycles. The monoisotopic (exact) mass is 374 g/mol. The van der Waals surface area contributed by atoms with Crippen LogP contribution in [0.2, 0.25) is 5.02 Å². The maximum absolute atomic E-state index is 13.2. The van der Waals surface area contributed by atoms with Crippen LogP contribution in [0.15, 0.2) is 41.3 Å². The van der Waals surface area contributed by atoms with Gasteiger partial charge in [-0.1, -0.05) is 23.7 Å². The first-order chi connectivity index (χ1) is 11.2. The number of carbonyl (C=O) groups is 1. The molecule has 0 saturated carbocycles. The van der Waals surface area contributed by atoms with E-state index in [1.54, 1.807) is 12.1 Å². The van der Waals surface area contributed by atoms with Crippen molar-refractivity contribution in [3.63, 3.8) is 0 Å². The average Bonchev–Trinajstić information content (AvgIpc) is 2.50. The molecule has 128 valence electrons. The predicted molar refractivity (Wildman–Crippen MR) is 85.2 cm³/mol. The van der Waals surface area contributed by atoms with Gasteiger partial charge in [0.05, 0.1) is 15.5 Å². The summed E-state index contributed by atoms with van der Waals surface area (Å²) in [5.74, 6) is -2.94. The molecule has 0 unspecified atom stereocenters. The number of nitrogens with one attached hydrogen (secondary N) is 1. The fourth-order valence-electron chi connectivity index (χ4n) is 1.96. The first-order valence-corrected chi connectivity index (χ1v) is 8.65. The Kier molecular flexibility index (Phi) is 5.53. The molecule has 0 fully saturated rings. The average molecular weight is 375 g/mol. The fourth-order valence-corrected chi connectivity index (χ4v) is 2.71. The standard InChI is InChI=1S/C15H13ClF2N2O3S/c16-12-8-14(18)13(17)7-11(12)15(21)20-6-5-9-1-3-10(4-2-9)24(19,22)23/h1-4,7-8H,5-6H2,(H,20,21)(H2,19,22,23). The summed E-state index contributed by atoms with van der Waals surface area (Å²) >= 11 is 5.72. The minimum absolute atomic E-state index is 0.0103. The van der Waals surface area contributed by atoms with Crippen molar-refractivity contribution in [1.29, 1.82) is 0 Å². The van der Waals surface area contributed by atoms with Crippen LogP contribution in [-0.2, 0) is 16.4 Å². The van der Waals surface area contributed by atoms with Crippen LogP contribution in [0.25, 0.3) is 0 Å². The van der Waals surface area contributed by atoms with Crippen molar-refractivity contribution in [3.8, 4) is 0 Å². The summed E-state index contributed by atoms with van der Waals surface area (Å²) < 4.78 is 48.4. The van der Waals surface area contributed by atoms with Crippen LogP contribution >= 0.6 is 11.6 Å². The zero-order valence-corrected chi connectivity index (χ0v) is 13.8. The Morgan fingerprint density at radius 1 is 1.12 bits per heavy atom. The highest BCUT2D eigenvalue weighted by Gasteiger charge is 2.14. The lowest BCUT2D eigenvalue weighted by atomic mass is 10.1. The normalized spacial score (nSPS) is 11.3. The molecular formula is C15H13ClF2N2O3S. The summed E-state index contributed by atoms with van der Waals surface area (Å²) in [4.78, 5) is 11.9. The minimum Gasteiger partial charge on any atom is -0.352 e. The Hall–Kier alpha value is -2.03. The summed E-state index contributed by atoms with van der Waals surface area (Å²) in [5, 5.41) is 7.33. The van der Waals surface area contributed by atoms with E-state index in [2.05, 4.69) is 5.32 Å². The number of carbonyl (C=O) groups excluding carboxylic acids is 1. The smallest absolute Gasteiger partial charge is 0.252 e. The molecule has 2 aromatic carbocycles. The van der Waals surface area contributed by atoms with E-state index in [1.807, 2.05) is 0 Å². The van der Waals surface area contributed by atoms with Crippen molar-refractivity contribution in [2.75, 3.05) is 6.54 Å². The van der Waals surface area contributed by atoms with Crippen molar-refractivity contribution in [2.45, 2.75) is 11.3 Å². The summed E-state index contributed by atoms with van der Waals surface area (Å²) in [6, 6.07) is 7.32. The first-order valence-electron chi connectivity index (χ1n) is 6.73. The number of rotatable bonds is 5. The summed E-state index contributed by atoms with van der Waals surface area (Å²) in [7, 11) is -3.75. The molecule has 0 aliphatic heterocycles. The van der Waals surface area contributed by atoms with Gasteiger partial charge in [0.25, 0.3) is 5.91 Å². The minimum atomic E-state index is -3.75. The highest BCUT2D eigenvalue weighted by Crippen LogP contribution is 2.20. The van der Waals surface area contributed by atoms with Gasteiger partial charge in [0.2, 0.25) is 10.0 Å². The van der Waals surface area contributed by atoms with E-state index in [4.69, 9.17) is 16.7 Å². The third kappa shape index (κ3) is 4.50. The number of halogens is 3. The Bertz CT molecular complexity index is 871. The maximum Gasteiger partial charge on any atom is 0.252 e. The Morgan fingerprint density at radius 2 is 1.71 bits per heavy atom. The van der Waals surface area contributed by atoms with Gasteiger partial charge in [-0.2, -0.15) is 0 Å². The van der Waals surface area contributed by atoms with Crippen LogP contribution in [0.1, 0.15) is 15.9 Å². The van der Waals surface area contributed by atoms with Gasteiger partial charge in [-0.05, 0) is 36.2 Å². The lowest BCUT2D eigenvalue weighted by Crippen LogP contribution is -2.26. The molecular weight excluding hydrogens is 362 g/mol. The summed E-state index contributed by atoms with van der Waals surface area (Å²) in [6.07, 6.45) is 0.401. The van der Waals surface area contributed by atoms with E-state index in [9.17, 15) is 22.0 Å². The van der Waals surface area contributed by atoms with Gasteiger partial charge in [-0.15, -0.1) is 0 Å². The number of nitrogens with two attached hydrogens (primary N) is 1. The van der Waals surface area contributed by atoms with E-state index >= 15 is 0 Å². The Balaban J connectivity index is 1.97. The second-order valence-electron chi connectivity index (χ2n) is 4.94. The second kappa shape index (κ2) is 7.25. The van der Waals surface area contributed by atoms with Crippen LogP contribution in [0.4, 0.5) is 8.78 Å². The predicted octanol–water partition coefficient (Wildman–Crippen LogP) is 2.24. The van der Waals surface area contributed by atoms with E-state index < -0.39 is 27.6 Å². The number of hydrogen-bond donors (Lipinski definition) is 2. The highest BCUT2D eigenvalue weighted by molar-refractivity contribution is 7.89. The second-order valence-corrected chi connectivity index (χ2v) is 6.91. The molecule has 1 amide bonds. The molecule has 24 heavy (non-hydrogen) atoms. The van der Waals surface area contributed by atoms with Gasteiger partial charge in [-0.3, -0.25) is 4.79 Å². The molecule has 0 aliphatic rings. The van der Waals surface area contributed by atoms with Crippen LogP contribution in [0.5, 0.6) is 0 Å². The number of amides is 1. The number of hydrogen-bond acceptors (Lipinski definition) is 3. The number of primary sulfonamides is 1. The summed E-state index contributed by atoms with van der Waals surface area (Å²) in [5.41, 5.74) is 0.597. The molecule has 0 radical (unpaired) electrons. The van der Waals surface area contributed by atoms with Crippen molar-refractivity contribution >= 4 is 27.5 Å². The quantitative estimate of drug-likeness (QED) is 0.786. The van der Waals surface area contributed by atoms with Gasteiger partial charge in [0.1, 0.15) is 0 Å². The third-order valence-corrected chi connectivity index (χ3v) is 4.45. The SMILES string of the molecule is NS(=O)(=O)c1ccc(CCNC(=O)c2cc(F)c(F)cc2Cl)cc1. The third-order valence-electron chi connectivity index (χ3n) is 3.21. The molecule has 3 N–H and O–H groups in total. The van der Waals surface area contributed by atoms with Crippen molar-refractivity contribution in [1.82, 2.24) is 5.32 Å². The van der Waals surface area contributed by atoms with Crippen LogP contribution in [-0.4, -0.2) is 20.9 Å². The van der Waals surface area contributed by atoms with Gasteiger partial charge in [0.15, 0.2) is 11.6 Å². The molecule has 0 atom stereocenters.